The normalized spacial score (nSPS) is 10.8. The van der Waals surface area contributed by atoms with Crippen LogP contribution in [0.25, 0.3) is 12.2 Å². The van der Waals surface area contributed by atoms with Crippen LogP contribution in [0.4, 0.5) is 0 Å². The van der Waals surface area contributed by atoms with Crippen molar-refractivity contribution < 1.29 is 52.3 Å². The summed E-state index contributed by atoms with van der Waals surface area (Å²) in [5, 5.41) is 9.70. The molecule has 0 aromatic heterocycles. The number of aryl methyl sites for hydroxylation is 1. The number of methoxy groups -OCH3 is 1. The molecule has 0 saturated heterocycles. The Labute approximate surface area is 308 Å². The molecule has 12 heteroatoms. The number of rotatable bonds is 21. The van der Waals surface area contributed by atoms with E-state index in [9.17, 15) is 24.4 Å². The number of unbranched alkanes of at least 4 members (excludes halogenated alkanes) is 2. The summed E-state index contributed by atoms with van der Waals surface area (Å²) in [5.41, 5.74) is 1.51. The number of hydrogen-bond donors (Lipinski definition) is 0. The lowest BCUT2D eigenvalue weighted by molar-refractivity contribution is -0.138. The van der Waals surface area contributed by atoms with E-state index < -0.39 is 23.9 Å². The SMILES string of the molecule is C=CC(=O)OCCCCOc1ccc(/C=C/C(=O)Oc2ccc(OC(=O)/C(C#N)=C/c3ccc(OCCCCOC(=O)C=C)c(OC)c3)c(C)c2)cc1. The molecule has 3 rings (SSSR count). The van der Waals surface area contributed by atoms with Crippen LogP contribution in [0.2, 0.25) is 0 Å². The number of hydrogen-bond acceptors (Lipinski definition) is 12. The number of esters is 4. The molecule has 0 N–H and O–H groups in total. The Balaban J connectivity index is 1.49. The van der Waals surface area contributed by atoms with Crippen molar-refractivity contribution in [3.8, 4) is 34.8 Å². The molecule has 0 unspecified atom stereocenters. The van der Waals surface area contributed by atoms with E-state index in [2.05, 4.69) is 13.2 Å². The maximum atomic E-state index is 12.9. The first-order chi connectivity index (χ1) is 25.6. The largest absolute Gasteiger partial charge is 0.494 e. The van der Waals surface area contributed by atoms with Gasteiger partial charge in [-0.15, -0.1) is 0 Å². The highest BCUT2D eigenvalue weighted by molar-refractivity contribution is 5.99. The van der Waals surface area contributed by atoms with Gasteiger partial charge in [-0.3, -0.25) is 0 Å². The molecule has 0 fully saturated rings. The molecule has 276 valence electrons. The summed E-state index contributed by atoms with van der Waals surface area (Å²) in [7, 11) is 1.47. The minimum Gasteiger partial charge on any atom is -0.494 e. The van der Waals surface area contributed by atoms with Crippen LogP contribution in [0.5, 0.6) is 28.7 Å². The van der Waals surface area contributed by atoms with Crippen molar-refractivity contribution in [3.05, 3.63) is 114 Å². The third-order valence-electron chi connectivity index (χ3n) is 7.12. The van der Waals surface area contributed by atoms with Gasteiger partial charge < -0.3 is 33.2 Å². The highest BCUT2D eigenvalue weighted by Gasteiger charge is 2.16. The quantitative estimate of drug-likeness (QED) is 0.0368. The van der Waals surface area contributed by atoms with Crippen LogP contribution in [0.3, 0.4) is 0 Å². The van der Waals surface area contributed by atoms with Crippen molar-refractivity contribution in [3.63, 3.8) is 0 Å². The molecule has 53 heavy (non-hydrogen) atoms. The zero-order valence-corrected chi connectivity index (χ0v) is 29.7. The minimum absolute atomic E-state index is 0.186. The van der Waals surface area contributed by atoms with E-state index in [1.54, 1.807) is 55.5 Å². The van der Waals surface area contributed by atoms with Crippen LogP contribution >= 0.6 is 0 Å². The predicted octanol–water partition coefficient (Wildman–Crippen LogP) is 6.91. The highest BCUT2D eigenvalue weighted by atomic mass is 16.5. The minimum atomic E-state index is -0.873. The van der Waals surface area contributed by atoms with E-state index in [1.165, 1.54) is 37.5 Å². The second-order valence-electron chi connectivity index (χ2n) is 11.1. The third-order valence-corrected chi connectivity index (χ3v) is 7.12. The smallest absolute Gasteiger partial charge is 0.354 e. The lowest BCUT2D eigenvalue weighted by Gasteiger charge is -2.12. The molecule has 0 atom stereocenters. The third kappa shape index (κ3) is 14.6. The Bertz CT molecular complexity index is 1850. The van der Waals surface area contributed by atoms with Gasteiger partial charge in [0.25, 0.3) is 0 Å². The molecule has 0 aliphatic rings. The van der Waals surface area contributed by atoms with Gasteiger partial charge in [0, 0.05) is 18.2 Å². The van der Waals surface area contributed by atoms with E-state index in [4.69, 9.17) is 33.2 Å². The fourth-order valence-electron chi connectivity index (χ4n) is 4.38. The summed E-state index contributed by atoms with van der Waals surface area (Å²) >= 11 is 0. The fraction of sp³-hybridized carbons (Fsp3) is 0.244. The summed E-state index contributed by atoms with van der Waals surface area (Å²) in [6.45, 7) is 9.75. The summed E-state index contributed by atoms with van der Waals surface area (Å²) in [6, 6.07) is 18.4. The second kappa shape index (κ2) is 22.3. The lowest BCUT2D eigenvalue weighted by Crippen LogP contribution is -2.11. The molecular weight excluding hydrogens is 682 g/mol. The first-order valence-corrected chi connectivity index (χ1v) is 16.6. The van der Waals surface area contributed by atoms with Crippen molar-refractivity contribution in [2.45, 2.75) is 32.6 Å². The molecule has 0 heterocycles. The maximum Gasteiger partial charge on any atom is 0.354 e. The van der Waals surface area contributed by atoms with E-state index >= 15 is 0 Å². The predicted molar refractivity (Wildman–Crippen MR) is 196 cm³/mol. The standard InChI is InChI=1S/C41H41NO11/c1-5-38(43)50-23-9-7-21-48-33-15-11-30(12-16-33)14-20-40(45)52-34-17-19-35(29(3)25-34)53-41(46)32(28-42)26-31-13-18-36(37(27-31)47-4)49-22-8-10-24-51-39(44)6-2/h5-6,11-20,25-27H,1-2,7-10,21-24H2,3-4H3/b20-14+,32-26+. The van der Waals surface area contributed by atoms with E-state index in [0.29, 0.717) is 73.9 Å². The van der Waals surface area contributed by atoms with Gasteiger partial charge in [0.15, 0.2) is 11.5 Å². The number of nitriles is 1. The number of carbonyl (C=O) groups is 4. The Morgan fingerprint density at radius 2 is 1.26 bits per heavy atom. The van der Waals surface area contributed by atoms with Gasteiger partial charge in [-0.25, -0.2) is 19.2 Å². The molecule has 0 bridgehead atoms. The number of carbonyl (C=O) groups excluding carboxylic acids is 4. The van der Waals surface area contributed by atoms with E-state index in [0.717, 1.165) is 17.7 Å². The molecule has 0 saturated carbocycles. The van der Waals surface area contributed by atoms with Crippen LogP contribution in [0.15, 0.2) is 97.6 Å². The van der Waals surface area contributed by atoms with Gasteiger partial charge in [0.05, 0.1) is 33.5 Å². The van der Waals surface area contributed by atoms with E-state index in [-0.39, 0.29) is 23.7 Å². The molecule has 3 aromatic rings. The molecule has 0 aliphatic carbocycles. The van der Waals surface area contributed by atoms with Gasteiger partial charge >= 0.3 is 23.9 Å². The zero-order valence-electron chi connectivity index (χ0n) is 29.7. The Morgan fingerprint density at radius 1 is 0.679 bits per heavy atom. The molecule has 0 aliphatic heterocycles. The van der Waals surface area contributed by atoms with Gasteiger partial charge in [-0.05, 0) is 104 Å². The molecule has 0 amide bonds. The van der Waals surface area contributed by atoms with Crippen molar-refractivity contribution in [2.75, 3.05) is 33.5 Å². The van der Waals surface area contributed by atoms with Crippen molar-refractivity contribution >= 4 is 36.0 Å². The van der Waals surface area contributed by atoms with Gasteiger partial charge in [-0.1, -0.05) is 31.4 Å². The zero-order chi connectivity index (χ0) is 38.4. The van der Waals surface area contributed by atoms with Gasteiger partial charge in [-0.2, -0.15) is 5.26 Å². The monoisotopic (exact) mass is 723 g/mol. The topological polar surface area (TPSA) is 157 Å². The first kappa shape index (κ1) is 40.8. The van der Waals surface area contributed by atoms with Crippen molar-refractivity contribution in [1.29, 1.82) is 5.26 Å². The maximum absolute atomic E-state index is 12.9. The Kier molecular flexibility index (Phi) is 17.1. The molecule has 0 spiro atoms. The summed E-state index contributed by atoms with van der Waals surface area (Å²) in [6.07, 6.45) is 9.11. The Hall–Kier alpha value is -6.61. The number of benzene rings is 3. The lowest BCUT2D eigenvalue weighted by atomic mass is 10.1. The van der Waals surface area contributed by atoms with Crippen LogP contribution < -0.4 is 23.7 Å². The molecule has 12 nitrogen and oxygen atoms in total. The highest BCUT2D eigenvalue weighted by Crippen LogP contribution is 2.30. The van der Waals surface area contributed by atoms with Crippen LogP contribution in [-0.4, -0.2) is 57.4 Å². The van der Waals surface area contributed by atoms with E-state index in [1.807, 2.05) is 6.07 Å². The van der Waals surface area contributed by atoms with Crippen LogP contribution in [0, 0.1) is 18.3 Å². The summed E-state index contributed by atoms with van der Waals surface area (Å²) < 4.78 is 37.6. The fourth-order valence-corrected chi connectivity index (χ4v) is 4.38. The van der Waals surface area contributed by atoms with Gasteiger partial charge in [0.1, 0.15) is 28.9 Å². The van der Waals surface area contributed by atoms with Crippen LogP contribution in [-0.2, 0) is 28.7 Å². The number of nitrogens with zero attached hydrogens (tertiary/aromatic N) is 1. The van der Waals surface area contributed by atoms with Crippen molar-refractivity contribution in [1.82, 2.24) is 0 Å². The van der Waals surface area contributed by atoms with Crippen molar-refractivity contribution in [2.24, 2.45) is 0 Å². The number of ether oxygens (including phenoxy) is 7. The summed E-state index contributed by atoms with van der Waals surface area (Å²) in [5.74, 6) is -0.452. The molecular formula is C41H41NO11. The Morgan fingerprint density at radius 3 is 1.87 bits per heavy atom. The molecule has 3 aromatic carbocycles. The average Bonchev–Trinajstić information content (AvgIpc) is 3.17. The average molecular weight is 724 g/mol. The molecule has 0 radical (unpaired) electrons. The van der Waals surface area contributed by atoms with Crippen LogP contribution in [0.1, 0.15) is 42.4 Å². The first-order valence-electron chi connectivity index (χ1n) is 16.6. The summed E-state index contributed by atoms with van der Waals surface area (Å²) in [4.78, 5) is 47.5. The van der Waals surface area contributed by atoms with Gasteiger partial charge in [0.2, 0.25) is 0 Å². The second-order valence-corrected chi connectivity index (χ2v) is 11.1.